The topological polar surface area (TPSA) is 29.1 Å². The van der Waals surface area contributed by atoms with Crippen LogP contribution in [0, 0.1) is 5.82 Å². The fraction of sp³-hybridized carbons (Fsp3) is 0.192. The molecule has 0 saturated carbocycles. The van der Waals surface area contributed by atoms with Gasteiger partial charge in [-0.1, -0.05) is 74.9 Å². The fourth-order valence-electron chi connectivity index (χ4n) is 3.30. The molecule has 3 rings (SSSR count). The first-order valence-corrected chi connectivity index (χ1v) is 10.0. The Morgan fingerprint density at radius 2 is 1.59 bits per heavy atom. The van der Waals surface area contributed by atoms with Gasteiger partial charge in [0, 0.05) is 11.3 Å². The first kappa shape index (κ1) is 20.5. The van der Waals surface area contributed by atoms with Crippen LogP contribution in [0.3, 0.4) is 0 Å². The van der Waals surface area contributed by atoms with Gasteiger partial charge in [0.15, 0.2) is 0 Å². The van der Waals surface area contributed by atoms with Crippen molar-refractivity contribution in [1.29, 1.82) is 0 Å². The molecule has 0 saturated heterocycles. The molecule has 3 aromatic carbocycles. The SMILES string of the molecule is C=CC(=O)Nc1ccc(-c2ccc(-c3ccc(CCCCC)cc3)c(F)c2)cc1. The third kappa shape index (κ3) is 5.41. The number of benzene rings is 3. The zero-order chi connectivity index (χ0) is 20.6. The monoisotopic (exact) mass is 387 g/mol. The maximum absolute atomic E-state index is 14.8. The minimum absolute atomic E-state index is 0.245. The van der Waals surface area contributed by atoms with E-state index in [0.717, 1.165) is 23.1 Å². The number of unbranched alkanes of at least 4 members (excludes halogenated alkanes) is 2. The van der Waals surface area contributed by atoms with Crippen LogP contribution < -0.4 is 5.32 Å². The van der Waals surface area contributed by atoms with Crippen molar-refractivity contribution in [3.8, 4) is 22.3 Å². The Hall–Kier alpha value is -3.20. The summed E-state index contributed by atoms with van der Waals surface area (Å²) in [5, 5.41) is 2.70. The van der Waals surface area contributed by atoms with Crippen molar-refractivity contribution in [1.82, 2.24) is 0 Å². The molecule has 3 heteroatoms. The molecule has 2 nitrogen and oxygen atoms in total. The Kier molecular flexibility index (Phi) is 6.96. The lowest BCUT2D eigenvalue weighted by Crippen LogP contribution is -2.06. The summed E-state index contributed by atoms with van der Waals surface area (Å²) in [5.74, 6) is -0.505. The Bertz CT molecular complexity index is 975. The van der Waals surface area contributed by atoms with Crippen LogP contribution in [0.25, 0.3) is 22.3 Å². The Morgan fingerprint density at radius 3 is 2.21 bits per heavy atom. The van der Waals surface area contributed by atoms with Crippen molar-refractivity contribution in [2.45, 2.75) is 32.6 Å². The molecular formula is C26H26FNO. The molecule has 29 heavy (non-hydrogen) atoms. The summed E-state index contributed by atoms with van der Waals surface area (Å²) in [6.45, 7) is 5.63. The van der Waals surface area contributed by atoms with Crippen LogP contribution in [-0.2, 0) is 11.2 Å². The maximum atomic E-state index is 14.8. The van der Waals surface area contributed by atoms with E-state index < -0.39 is 0 Å². The first-order chi connectivity index (χ1) is 14.1. The van der Waals surface area contributed by atoms with E-state index >= 15 is 0 Å². The summed E-state index contributed by atoms with van der Waals surface area (Å²) >= 11 is 0. The predicted molar refractivity (Wildman–Crippen MR) is 119 cm³/mol. The molecule has 0 radical (unpaired) electrons. The number of rotatable bonds is 8. The van der Waals surface area contributed by atoms with Crippen molar-refractivity contribution in [3.05, 3.63) is 90.8 Å². The number of amides is 1. The van der Waals surface area contributed by atoms with E-state index in [1.807, 2.05) is 36.4 Å². The molecule has 3 aromatic rings. The van der Waals surface area contributed by atoms with E-state index in [-0.39, 0.29) is 11.7 Å². The number of anilines is 1. The highest BCUT2D eigenvalue weighted by molar-refractivity contribution is 5.99. The Morgan fingerprint density at radius 1 is 0.931 bits per heavy atom. The molecule has 1 amide bonds. The number of nitrogens with one attached hydrogen (secondary N) is 1. The minimum atomic E-state index is -0.260. The molecule has 0 bridgehead atoms. The maximum Gasteiger partial charge on any atom is 0.247 e. The van der Waals surface area contributed by atoms with Gasteiger partial charge in [-0.3, -0.25) is 4.79 Å². The summed E-state index contributed by atoms with van der Waals surface area (Å²) in [7, 11) is 0. The molecule has 0 aliphatic heterocycles. The quantitative estimate of drug-likeness (QED) is 0.327. The van der Waals surface area contributed by atoms with E-state index in [9.17, 15) is 9.18 Å². The number of aryl methyl sites for hydroxylation is 1. The lowest BCUT2D eigenvalue weighted by Gasteiger charge is -2.09. The van der Waals surface area contributed by atoms with Gasteiger partial charge in [-0.25, -0.2) is 4.39 Å². The fourth-order valence-corrected chi connectivity index (χ4v) is 3.30. The lowest BCUT2D eigenvalue weighted by molar-refractivity contribution is -0.111. The van der Waals surface area contributed by atoms with Gasteiger partial charge in [-0.05, 0) is 59.4 Å². The second kappa shape index (κ2) is 9.83. The van der Waals surface area contributed by atoms with Gasteiger partial charge in [0.1, 0.15) is 5.82 Å². The summed E-state index contributed by atoms with van der Waals surface area (Å²) in [4.78, 5) is 11.4. The standard InChI is InChI=1S/C26H26FNO/c1-3-5-6-7-19-8-10-21(11-9-19)24-17-14-22(18-25(24)27)20-12-15-23(16-13-20)28-26(29)4-2/h4,8-18H,2-3,5-7H2,1H3,(H,28,29). The average molecular weight is 387 g/mol. The van der Waals surface area contributed by atoms with Crippen LogP contribution in [0.5, 0.6) is 0 Å². The summed E-state index contributed by atoms with van der Waals surface area (Å²) in [6, 6.07) is 20.8. The zero-order valence-corrected chi connectivity index (χ0v) is 16.7. The Labute approximate surface area is 172 Å². The van der Waals surface area contributed by atoms with Crippen molar-refractivity contribution >= 4 is 11.6 Å². The normalized spacial score (nSPS) is 10.6. The molecule has 0 aliphatic carbocycles. The number of hydrogen-bond donors (Lipinski definition) is 1. The van der Waals surface area contributed by atoms with Crippen LogP contribution >= 0.6 is 0 Å². The van der Waals surface area contributed by atoms with Crippen molar-refractivity contribution in [2.75, 3.05) is 5.32 Å². The number of halogens is 1. The minimum Gasteiger partial charge on any atom is -0.323 e. The second-order valence-electron chi connectivity index (χ2n) is 7.12. The molecular weight excluding hydrogens is 361 g/mol. The lowest BCUT2D eigenvalue weighted by atomic mass is 9.98. The van der Waals surface area contributed by atoms with Crippen LogP contribution in [0.2, 0.25) is 0 Å². The second-order valence-corrected chi connectivity index (χ2v) is 7.12. The van der Waals surface area contributed by atoms with Gasteiger partial charge in [0.25, 0.3) is 0 Å². The van der Waals surface area contributed by atoms with Crippen LogP contribution in [0.1, 0.15) is 31.7 Å². The third-order valence-corrected chi connectivity index (χ3v) is 4.97. The van der Waals surface area contributed by atoms with Crippen molar-refractivity contribution in [2.24, 2.45) is 0 Å². The predicted octanol–water partition coefficient (Wildman–Crippen LogP) is 7.02. The highest BCUT2D eigenvalue weighted by atomic mass is 19.1. The van der Waals surface area contributed by atoms with Crippen LogP contribution in [0.15, 0.2) is 79.4 Å². The van der Waals surface area contributed by atoms with E-state index in [2.05, 4.69) is 31.0 Å². The van der Waals surface area contributed by atoms with Gasteiger partial charge in [0.2, 0.25) is 5.91 Å². The molecule has 0 spiro atoms. The molecule has 0 heterocycles. The highest BCUT2D eigenvalue weighted by Gasteiger charge is 2.08. The Balaban J connectivity index is 1.74. The number of hydrogen-bond acceptors (Lipinski definition) is 1. The summed E-state index contributed by atoms with van der Waals surface area (Å²) < 4.78 is 14.8. The molecule has 0 fully saturated rings. The van der Waals surface area contributed by atoms with E-state index in [0.29, 0.717) is 11.3 Å². The van der Waals surface area contributed by atoms with Crippen molar-refractivity contribution in [3.63, 3.8) is 0 Å². The number of carbonyl (C=O) groups excluding carboxylic acids is 1. The zero-order valence-electron chi connectivity index (χ0n) is 16.7. The molecule has 0 atom stereocenters. The smallest absolute Gasteiger partial charge is 0.247 e. The molecule has 1 N–H and O–H groups in total. The van der Waals surface area contributed by atoms with Crippen molar-refractivity contribution < 1.29 is 9.18 Å². The molecule has 148 valence electrons. The summed E-state index contributed by atoms with van der Waals surface area (Å²) in [5.41, 5.74) is 5.14. The summed E-state index contributed by atoms with van der Waals surface area (Å²) in [6.07, 6.45) is 5.93. The van der Waals surface area contributed by atoms with Gasteiger partial charge in [0.05, 0.1) is 0 Å². The van der Waals surface area contributed by atoms with E-state index in [1.165, 1.54) is 30.9 Å². The van der Waals surface area contributed by atoms with Gasteiger partial charge in [-0.2, -0.15) is 0 Å². The van der Waals surface area contributed by atoms with E-state index in [1.54, 1.807) is 18.2 Å². The average Bonchev–Trinajstić information content (AvgIpc) is 2.75. The van der Waals surface area contributed by atoms with Gasteiger partial charge in [-0.15, -0.1) is 0 Å². The first-order valence-electron chi connectivity index (χ1n) is 10.0. The van der Waals surface area contributed by atoms with E-state index in [4.69, 9.17) is 0 Å². The van der Waals surface area contributed by atoms with Crippen LogP contribution in [-0.4, -0.2) is 5.91 Å². The highest BCUT2D eigenvalue weighted by Crippen LogP contribution is 2.29. The van der Waals surface area contributed by atoms with Gasteiger partial charge < -0.3 is 5.32 Å². The molecule has 0 aliphatic rings. The van der Waals surface area contributed by atoms with Crippen LogP contribution in [0.4, 0.5) is 10.1 Å². The largest absolute Gasteiger partial charge is 0.323 e. The molecule has 0 aromatic heterocycles. The van der Waals surface area contributed by atoms with Gasteiger partial charge >= 0.3 is 0 Å². The molecule has 0 unspecified atom stereocenters. The number of carbonyl (C=O) groups is 1. The third-order valence-electron chi connectivity index (χ3n) is 4.97.